The van der Waals surface area contributed by atoms with Gasteiger partial charge in [0, 0.05) is 37.9 Å². The van der Waals surface area contributed by atoms with Crippen LogP contribution in [-0.4, -0.2) is 38.2 Å². The van der Waals surface area contributed by atoms with E-state index in [4.69, 9.17) is 4.74 Å². The minimum absolute atomic E-state index is 0.246. The Bertz CT molecular complexity index is 827. The SMILES string of the molecule is COc1ccc(C(C)N2CCN(c3ccc(C)c(C(F)(F)F)c3)CC2)cc1C. The van der Waals surface area contributed by atoms with Gasteiger partial charge in [-0.25, -0.2) is 0 Å². The van der Waals surface area contributed by atoms with Crippen LogP contribution in [0.1, 0.15) is 35.2 Å². The van der Waals surface area contributed by atoms with E-state index in [-0.39, 0.29) is 11.6 Å². The van der Waals surface area contributed by atoms with Crippen LogP contribution in [0, 0.1) is 13.8 Å². The number of aryl methyl sites for hydroxylation is 2. The zero-order valence-corrected chi connectivity index (χ0v) is 16.8. The first-order chi connectivity index (χ1) is 13.2. The average Bonchev–Trinajstić information content (AvgIpc) is 2.67. The van der Waals surface area contributed by atoms with Crippen molar-refractivity contribution in [3.63, 3.8) is 0 Å². The molecule has 28 heavy (non-hydrogen) atoms. The van der Waals surface area contributed by atoms with E-state index in [1.54, 1.807) is 19.2 Å². The van der Waals surface area contributed by atoms with Crippen LogP contribution in [0.3, 0.4) is 0 Å². The smallest absolute Gasteiger partial charge is 0.416 e. The predicted molar refractivity (Wildman–Crippen MR) is 106 cm³/mol. The molecule has 0 amide bonds. The molecule has 1 unspecified atom stereocenters. The maximum atomic E-state index is 13.2. The molecule has 2 aromatic carbocycles. The Labute approximate surface area is 164 Å². The van der Waals surface area contributed by atoms with Crippen molar-refractivity contribution in [3.05, 3.63) is 58.7 Å². The first-order valence-electron chi connectivity index (χ1n) is 9.52. The zero-order valence-electron chi connectivity index (χ0n) is 16.8. The van der Waals surface area contributed by atoms with Crippen LogP contribution in [0.2, 0.25) is 0 Å². The highest BCUT2D eigenvalue weighted by atomic mass is 19.4. The average molecular weight is 392 g/mol. The van der Waals surface area contributed by atoms with E-state index < -0.39 is 11.7 Å². The fraction of sp³-hybridized carbons (Fsp3) is 0.455. The predicted octanol–water partition coefficient (Wildman–Crippen LogP) is 5.21. The number of nitrogens with zero attached hydrogens (tertiary/aromatic N) is 2. The molecule has 1 fully saturated rings. The maximum Gasteiger partial charge on any atom is 0.416 e. The van der Waals surface area contributed by atoms with E-state index in [0.717, 1.165) is 24.4 Å². The number of methoxy groups -OCH3 is 1. The van der Waals surface area contributed by atoms with Gasteiger partial charge in [0.1, 0.15) is 5.75 Å². The number of piperazine rings is 1. The molecule has 1 aliphatic rings. The van der Waals surface area contributed by atoms with Crippen molar-refractivity contribution in [1.29, 1.82) is 0 Å². The number of hydrogen-bond donors (Lipinski definition) is 0. The Kier molecular flexibility index (Phi) is 5.89. The van der Waals surface area contributed by atoms with Crippen LogP contribution in [0.25, 0.3) is 0 Å². The number of anilines is 1. The van der Waals surface area contributed by atoms with Gasteiger partial charge in [-0.2, -0.15) is 13.2 Å². The lowest BCUT2D eigenvalue weighted by Crippen LogP contribution is -2.47. The fourth-order valence-corrected chi connectivity index (χ4v) is 3.85. The van der Waals surface area contributed by atoms with Crippen LogP contribution >= 0.6 is 0 Å². The monoisotopic (exact) mass is 392 g/mol. The van der Waals surface area contributed by atoms with E-state index in [1.807, 2.05) is 17.9 Å². The molecule has 1 atom stereocenters. The quantitative estimate of drug-likeness (QED) is 0.710. The first kappa shape index (κ1) is 20.5. The summed E-state index contributed by atoms with van der Waals surface area (Å²) in [5.41, 5.74) is 2.68. The molecule has 6 heteroatoms. The Morgan fingerprint density at radius 1 is 0.929 bits per heavy atom. The Hall–Kier alpha value is -2.21. The highest BCUT2D eigenvalue weighted by Gasteiger charge is 2.33. The molecule has 2 aromatic rings. The van der Waals surface area contributed by atoms with Gasteiger partial charge in [0.05, 0.1) is 12.7 Å². The van der Waals surface area contributed by atoms with E-state index in [2.05, 4.69) is 24.0 Å². The normalized spacial score (nSPS) is 16.9. The van der Waals surface area contributed by atoms with Gasteiger partial charge < -0.3 is 9.64 Å². The van der Waals surface area contributed by atoms with Gasteiger partial charge in [-0.1, -0.05) is 18.2 Å². The van der Waals surface area contributed by atoms with Gasteiger partial charge in [-0.3, -0.25) is 4.90 Å². The summed E-state index contributed by atoms with van der Waals surface area (Å²) in [6, 6.07) is 11.1. The van der Waals surface area contributed by atoms with Gasteiger partial charge in [0.2, 0.25) is 0 Å². The van der Waals surface area contributed by atoms with Crippen molar-refractivity contribution >= 4 is 5.69 Å². The molecule has 3 rings (SSSR count). The Balaban J connectivity index is 1.68. The second-order valence-corrected chi connectivity index (χ2v) is 7.43. The lowest BCUT2D eigenvalue weighted by Gasteiger charge is -2.39. The topological polar surface area (TPSA) is 15.7 Å². The van der Waals surface area contributed by atoms with E-state index >= 15 is 0 Å². The van der Waals surface area contributed by atoms with E-state index in [0.29, 0.717) is 18.8 Å². The van der Waals surface area contributed by atoms with Gasteiger partial charge >= 0.3 is 6.18 Å². The molecular weight excluding hydrogens is 365 g/mol. The van der Waals surface area contributed by atoms with Crippen molar-refractivity contribution in [1.82, 2.24) is 4.90 Å². The summed E-state index contributed by atoms with van der Waals surface area (Å²) in [5.74, 6) is 0.876. The molecule has 0 aromatic heterocycles. The van der Waals surface area contributed by atoms with Crippen LogP contribution < -0.4 is 9.64 Å². The minimum atomic E-state index is -4.32. The number of benzene rings is 2. The Morgan fingerprint density at radius 3 is 2.18 bits per heavy atom. The summed E-state index contributed by atoms with van der Waals surface area (Å²) < 4.78 is 44.9. The number of rotatable bonds is 4. The maximum absolute atomic E-state index is 13.2. The van der Waals surface area contributed by atoms with Crippen molar-refractivity contribution < 1.29 is 17.9 Å². The third kappa shape index (κ3) is 4.27. The van der Waals surface area contributed by atoms with Gasteiger partial charge in [0.15, 0.2) is 0 Å². The number of hydrogen-bond acceptors (Lipinski definition) is 3. The van der Waals surface area contributed by atoms with Crippen molar-refractivity contribution in [3.8, 4) is 5.75 Å². The molecule has 3 nitrogen and oxygen atoms in total. The molecule has 0 spiro atoms. The highest BCUT2D eigenvalue weighted by molar-refractivity contribution is 5.52. The Morgan fingerprint density at radius 2 is 1.61 bits per heavy atom. The largest absolute Gasteiger partial charge is 0.496 e. The molecule has 1 heterocycles. The fourth-order valence-electron chi connectivity index (χ4n) is 3.85. The summed E-state index contributed by atoms with van der Waals surface area (Å²) in [6.45, 7) is 8.73. The highest BCUT2D eigenvalue weighted by Crippen LogP contribution is 2.35. The second kappa shape index (κ2) is 8.03. The summed E-state index contributed by atoms with van der Waals surface area (Å²) in [7, 11) is 1.67. The third-order valence-electron chi connectivity index (χ3n) is 5.65. The molecule has 1 aliphatic heterocycles. The summed E-state index contributed by atoms with van der Waals surface area (Å²) in [4.78, 5) is 4.41. The molecule has 0 bridgehead atoms. The lowest BCUT2D eigenvalue weighted by molar-refractivity contribution is -0.138. The molecule has 0 saturated carbocycles. The van der Waals surface area contributed by atoms with Crippen LogP contribution in [0.15, 0.2) is 36.4 Å². The molecule has 0 aliphatic carbocycles. The number of alkyl halides is 3. The van der Waals surface area contributed by atoms with E-state index in [9.17, 15) is 13.2 Å². The standard InChI is InChI=1S/C22H27F3N2O/c1-15-5-7-19(14-20(15)22(23,24)25)27-11-9-26(10-12-27)17(3)18-6-8-21(28-4)16(2)13-18/h5-8,13-14,17H,9-12H2,1-4H3. The molecule has 1 saturated heterocycles. The van der Waals surface area contributed by atoms with Gasteiger partial charge in [0.25, 0.3) is 0 Å². The molecular formula is C22H27F3N2O. The van der Waals surface area contributed by atoms with Gasteiger partial charge in [-0.15, -0.1) is 0 Å². The number of halogens is 3. The van der Waals surface area contributed by atoms with Gasteiger partial charge in [-0.05, 0) is 55.7 Å². The minimum Gasteiger partial charge on any atom is -0.496 e. The van der Waals surface area contributed by atoms with E-state index in [1.165, 1.54) is 18.6 Å². The zero-order chi connectivity index (χ0) is 20.5. The van der Waals surface area contributed by atoms with Crippen LogP contribution in [0.5, 0.6) is 5.75 Å². The van der Waals surface area contributed by atoms with Crippen molar-refractivity contribution in [2.45, 2.75) is 33.0 Å². The molecule has 0 N–H and O–H groups in total. The number of ether oxygens (including phenoxy) is 1. The second-order valence-electron chi connectivity index (χ2n) is 7.43. The summed E-state index contributed by atoms with van der Waals surface area (Å²) >= 11 is 0. The molecule has 152 valence electrons. The lowest BCUT2D eigenvalue weighted by atomic mass is 10.0. The molecule has 0 radical (unpaired) electrons. The summed E-state index contributed by atoms with van der Waals surface area (Å²) in [5, 5.41) is 0. The van der Waals surface area contributed by atoms with Crippen molar-refractivity contribution in [2.24, 2.45) is 0 Å². The first-order valence-corrected chi connectivity index (χ1v) is 9.52. The van der Waals surface area contributed by atoms with Crippen molar-refractivity contribution in [2.75, 3.05) is 38.2 Å². The van der Waals surface area contributed by atoms with Crippen LogP contribution in [-0.2, 0) is 6.18 Å². The summed E-state index contributed by atoms with van der Waals surface area (Å²) in [6.07, 6.45) is -4.32. The van der Waals surface area contributed by atoms with Crippen LogP contribution in [0.4, 0.5) is 18.9 Å². The third-order valence-corrected chi connectivity index (χ3v) is 5.65.